The van der Waals surface area contributed by atoms with Crippen LogP contribution in [-0.2, 0) is 6.18 Å². The van der Waals surface area contributed by atoms with Crippen molar-refractivity contribution in [2.75, 3.05) is 0 Å². The summed E-state index contributed by atoms with van der Waals surface area (Å²) in [7, 11) is 0. The van der Waals surface area contributed by atoms with Gasteiger partial charge in [-0.15, -0.1) is 0 Å². The number of amides is 1. The summed E-state index contributed by atoms with van der Waals surface area (Å²) in [6.45, 7) is 7.14. The summed E-state index contributed by atoms with van der Waals surface area (Å²) in [5, 5.41) is 2.87. The van der Waals surface area contributed by atoms with Gasteiger partial charge in [-0.1, -0.05) is 25.4 Å². The van der Waals surface area contributed by atoms with Crippen LogP contribution in [0.25, 0.3) is 11.4 Å². The van der Waals surface area contributed by atoms with E-state index >= 15 is 0 Å². The molecule has 10 heteroatoms. The van der Waals surface area contributed by atoms with Crippen LogP contribution in [0.4, 0.5) is 13.2 Å². The third kappa shape index (κ3) is 6.21. The number of carbonyl (C=O) groups is 1. The molecule has 0 spiro atoms. The van der Waals surface area contributed by atoms with Gasteiger partial charge >= 0.3 is 6.18 Å². The number of hydrogen-bond acceptors (Lipinski definition) is 5. The first-order valence-electron chi connectivity index (χ1n) is 9.43. The van der Waals surface area contributed by atoms with Gasteiger partial charge in [-0.25, -0.2) is 9.97 Å². The highest BCUT2D eigenvalue weighted by molar-refractivity contribution is 6.29. The van der Waals surface area contributed by atoms with Gasteiger partial charge in [0.1, 0.15) is 16.5 Å². The van der Waals surface area contributed by atoms with E-state index in [4.69, 9.17) is 11.6 Å². The van der Waals surface area contributed by atoms with Crippen LogP contribution >= 0.6 is 11.6 Å². The Morgan fingerprint density at radius 1 is 1.03 bits per heavy atom. The number of aryl methyl sites for hydroxylation is 1. The molecule has 1 unspecified atom stereocenters. The van der Waals surface area contributed by atoms with E-state index in [2.05, 4.69) is 25.3 Å². The topological polar surface area (TPSA) is 80.7 Å². The van der Waals surface area contributed by atoms with Crippen molar-refractivity contribution < 1.29 is 18.0 Å². The first-order valence-corrected chi connectivity index (χ1v) is 9.81. The fourth-order valence-electron chi connectivity index (χ4n) is 2.72. The third-order valence-electron chi connectivity index (χ3n) is 4.01. The molecule has 0 fully saturated rings. The van der Waals surface area contributed by atoms with Crippen molar-refractivity contribution in [1.82, 2.24) is 25.3 Å². The summed E-state index contributed by atoms with van der Waals surface area (Å²) < 4.78 is 39.1. The average molecular weight is 452 g/mol. The zero-order valence-electron chi connectivity index (χ0n) is 17.3. The normalized spacial score (nSPS) is 11.9. The summed E-state index contributed by atoms with van der Waals surface area (Å²) in [5.41, 5.74) is 0.515. The second-order valence-electron chi connectivity index (χ2n) is 6.30. The summed E-state index contributed by atoms with van der Waals surface area (Å²) in [6.07, 6.45) is 1.13. The van der Waals surface area contributed by atoms with Crippen LogP contribution in [0.15, 0.2) is 43.0 Å². The molecule has 6 nitrogen and oxygen atoms in total. The first kappa shape index (κ1) is 24.2. The van der Waals surface area contributed by atoms with Crippen LogP contribution < -0.4 is 5.32 Å². The maximum Gasteiger partial charge on any atom is 0.416 e. The molecule has 0 bridgehead atoms. The Labute approximate surface area is 182 Å². The van der Waals surface area contributed by atoms with Gasteiger partial charge in [-0.2, -0.15) is 13.2 Å². The maximum atomic E-state index is 13.0. The summed E-state index contributed by atoms with van der Waals surface area (Å²) >= 11 is 5.75. The number of carbonyl (C=O) groups excluding carboxylic acids is 1. The van der Waals surface area contributed by atoms with Crippen LogP contribution in [0, 0.1) is 6.92 Å². The van der Waals surface area contributed by atoms with Crippen molar-refractivity contribution in [3.63, 3.8) is 0 Å². The lowest BCUT2D eigenvalue weighted by Crippen LogP contribution is -2.28. The minimum atomic E-state index is -4.54. The fraction of sp³-hybridized carbons (Fsp3) is 0.286. The lowest BCUT2D eigenvalue weighted by Gasteiger charge is -2.17. The molecule has 1 amide bonds. The molecule has 2 aromatic heterocycles. The van der Waals surface area contributed by atoms with Gasteiger partial charge in [0.15, 0.2) is 0 Å². The lowest BCUT2D eigenvalue weighted by molar-refractivity contribution is -0.137. The second kappa shape index (κ2) is 10.3. The molecule has 164 valence electrons. The van der Waals surface area contributed by atoms with E-state index < -0.39 is 23.7 Å². The van der Waals surface area contributed by atoms with Crippen molar-refractivity contribution in [2.45, 2.75) is 39.9 Å². The molecule has 0 saturated heterocycles. The monoisotopic (exact) mass is 451 g/mol. The van der Waals surface area contributed by atoms with E-state index in [9.17, 15) is 18.0 Å². The molecule has 3 rings (SSSR count). The number of nitrogens with zero attached hydrogens (tertiary/aromatic N) is 4. The van der Waals surface area contributed by atoms with E-state index in [1.807, 2.05) is 13.8 Å². The Bertz CT molecular complexity index is 1040. The maximum absolute atomic E-state index is 13.0. The average Bonchev–Trinajstić information content (AvgIpc) is 2.74. The van der Waals surface area contributed by atoms with Crippen molar-refractivity contribution in [2.24, 2.45) is 0 Å². The molecular weight excluding hydrogens is 431 g/mol. The van der Waals surface area contributed by atoms with Crippen LogP contribution in [0.3, 0.4) is 0 Å². The molecule has 0 aliphatic rings. The van der Waals surface area contributed by atoms with Gasteiger partial charge in [0.05, 0.1) is 29.7 Å². The molecule has 0 saturated carbocycles. The number of alkyl halides is 3. The highest BCUT2D eigenvalue weighted by Crippen LogP contribution is 2.31. The van der Waals surface area contributed by atoms with Crippen molar-refractivity contribution in [3.8, 4) is 11.4 Å². The lowest BCUT2D eigenvalue weighted by atomic mass is 10.0. The minimum absolute atomic E-state index is 0.0964. The van der Waals surface area contributed by atoms with E-state index in [-0.39, 0.29) is 10.7 Å². The van der Waals surface area contributed by atoms with Crippen LogP contribution in [0.1, 0.15) is 54.0 Å². The van der Waals surface area contributed by atoms with Gasteiger partial charge in [-0.3, -0.25) is 14.8 Å². The minimum Gasteiger partial charge on any atom is -0.344 e. The number of hydrogen-bond donors (Lipinski definition) is 1. The third-order valence-corrected chi connectivity index (χ3v) is 4.21. The Morgan fingerprint density at radius 2 is 1.71 bits per heavy atom. The number of rotatable bonds is 4. The highest BCUT2D eigenvalue weighted by atomic mass is 35.5. The number of halogens is 4. The molecular formula is C21H21ClF3N5O. The number of aromatic nitrogens is 4. The first-order chi connectivity index (χ1) is 14.6. The fourth-order valence-corrected chi connectivity index (χ4v) is 2.82. The molecule has 0 aliphatic heterocycles. The predicted octanol–water partition coefficient (Wildman–Crippen LogP) is 5.43. The van der Waals surface area contributed by atoms with E-state index in [0.29, 0.717) is 22.6 Å². The van der Waals surface area contributed by atoms with Gasteiger partial charge in [0, 0.05) is 18.0 Å². The quantitative estimate of drug-likeness (QED) is 0.572. The van der Waals surface area contributed by atoms with Crippen molar-refractivity contribution in [3.05, 3.63) is 70.5 Å². The van der Waals surface area contributed by atoms with Crippen molar-refractivity contribution >= 4 is 17.5 Å². The van der Waals surface area contributed by atoms with Crippen LogP contribution in [0.2, 0.25) is 5.15 Å². The van der Waals surface area contributed by atoms with Crippen LogP contribution in [0.5, 0.6) is 0 Å². The van der Waals surface area contributed by atoms with Gasteiger partial charge < -0.3 is 5.32 Å². The summed E-state index contributed by atoms with van der Waals surface area (Å²) in [4.78, 5) is 29.1. The summed E-state index contributed by atoms with van der Waals surface area (Å²) in [6, 6.07) is 2.54. The number of nitrogens with one attached hydrogen (secondary N) is 1. The van der Waals surface area contributed by atoms with E-state index in [1.165, 1.54) is 37.8 Å². The largest absolute Gasteiger partial charge is 0.416 e. The number of benzene rings is 1. The SMILES string of the molecule is CC.Cc1cc(C(=O)NC(C)c2nccnc2-c2cnc(Cl)cn2)cc(C(F)(F)F)c1. The zero-order valence-corrected chi connectivity index (χ0v) is 18.1. The van der Waals surface area contributed by atoms with Crippen molar-refractivity contribution in [1.29, 1.82) is 0 Å². The molecule has 1 atom stereocenters. The molecule has 0 aliphatic carbocycles. The molecule has 1 N–H and O–H groups in total. The molecule has 31 heavy (non-hydrogen) atoms. The molecule has 1 aromatic carbocycles. The van der Waals surface area contributed by atoms with Gasteiger partial charge in [0.2, 0.25) is 0 Å². The second-order valence-corrected chi connectivity index (χ2v) is 6.68. The summed E-state index contributed by atoms with van der Waals surface area (Å²) in [5.74, 6) is -0.662. The molecule has 3 aromatic rings. The van der Waals surface area contributed by atoms with Gasteiger partial charge in [-0.05, 0) is 37.6 Å². The standard InChI is InChI=1S/C19H15ClF3N5O.C2H6/c1-10-5-12(7-13(6-10)19(21,22)23)18(29)28-11(2)16-17(25-4-3-24-16)14-8-27-15(20)9-26-14;1-2/h3-9,11H,1-2H3,(H,28,29);1-2H3. The zero-order chi connectivity index (χ0) is 23.2. The van der Waals surface area contributed by atoms with E-state index in [1.54, 1.807) is 6.92 Å². The smallest absolute Gasteiger partial charge is 0.344 e. The Kier molecular flexibility index (Phi) is 8.04. The Hall–Kier alpha value is -3.07. The predicted molar refractivity (Wildman–Crippen MR) is 111 cm³/mol. The highest BCUT2D eigenvalue weighted by Gasteiger charge is 2.31. The molecule has 2 heterocycles. The van der Waals surface area contributed by atoms with E-state index in [0.717, 1.165) is 12.1 Å². The van der Waals surface area contributed by atoms with Gasteiger partial charge in [0.25, 0.3) is 5.91 Å². The molecule has 0 radical (unpaired) electrons. The van der Waals surface area contributed by atoms with Crippen LogP contribution in [-0.4, -0.2) is 25.8 Å². The Morgan fingerprint density at radius 3 is 2.32 bits per heavy atom. The Balaban J connectivity index is 0.00000166.